The van der Waals surface area contributed by atoms with E-state index in [1.54, 1.807) is 19.9 Å². The number of benzene rings is 1. The van der Waals surface area contributed by atoms with E-state index in [1.807, 2.05) is 43.5 Å². The van der Waals surface area contributed by atoms with Gasteiger partial charge in [-0.2, -0.15) is 13.2 Å². The molecule has 0 bridgehead atoms. The van der Waals surface area contributed by atoms with Gasteiger partial charge in [-0.25, -0.2) is 4.79 Å². The number of halogens is 3. The molecule has 0 saturated carbocycles. The van der Waals surface area contributed by atoms with Gasteiger partial charge in [0, 0.05) is 22.1 Å². The molecule has 0 saturated heterocycles. The average molecular weight is 481 g/mol. The van der Waals surface area contributed by atoms with Crippen LogP contribution in [0.15, 0.2) is 41.3 Å². The average Bonchev–Trinajstić information content (AvgIpc) is 3.17. The molecule has 3 nitrogen and oxygen atoms in total. The number of hydrogen-bond donors (Lipinski definition) is 0. The Kier molecular flexibility index (Phi) is 9.35. The number of alkyl halides is 3. The first-order valence-corrected chi connectivity index (χ1v) is 11.8. The molecule has 180 valence electrons. The third kappa shape index (κ3) is 7.77. The summed E-state index contributed by atoms with van der Waals surface area (Å²) in [4.78, 5) is 12.5. The Morgan fingerprint density at radius 3 is 2.39 bits per heavy atom. The molecule has 0 aliphatic rings. The van der Waals surface area contributed by atoms with Crippen LogP contribution in [-0.4, -0.2) is 25.4 Å². The van der Waals surface area contributed by atoms with Crippen molar-refractivity contribution in [1.82, 2.24) is 0 Å². The molecule has 0 unspecified atom stereocenters. The van der Waals surface area contributed by atoms with E-state index in [4.69, 9.17) is 9.47 Å². The van der Waals surface area contributed by atoms with Crippen molar-refractivity contribution in [3.63, 3.8) is 0 Å². The van der Waals surface area contributed by atoms with Crippen LogP contribution in [0.5, 0.6) is 5.75 Å². The SMILES string of the molecule is CCOC(=O)/C=C(C)/C=C/c1sccc1-c1cc(C(C)C)cc(C(C)C)c1OCC(F)(F)F. The largest absolute Gasteiger partial charge is 0.483 e. The van der Waals surface area contributed by atoms with E-state index in [-0.39, 0.29) is 17.6 Å². The summed E-state index contributed by atoms with van der Waals surface area (Å²) in [6.45, 7) is 10.5. The van der Waals surface area contributed by atoms with Crippen molar-refractivity contribution < 1.29 is 27.4 Å². The van der Waals surface area contributed by atoms with Crippen LogP contribution < -0.4 is 4.74 Å². The van der Waals surface area contributed by atoms with Gasteiger partial charge in [0.15, 0.2) is 6.61 Å². The second-order valence-electron chi connectivity index (χ2n) is 8.37. The molecule has 0 N–H and O–H groups in total. The maximum Gasteiger partial charge on any atom is 0.422 e. The molecule has 1 heterocycles. The second kappa shape index (κ2) is 11.5. The van der Waals surface area contributed by atoms with Crippen LogP contribution in [0.3, 0.4) is 0 Å². The number of carbonyl (C=O) groups is 1. The molecule has 2 rings (SSSR count). The van der Waals surface area contributed by atoms with E-state index < -0.39 is 18.8 Å². The standard InChI is InChI=1S/C26H31F3O3S/c1-7-31-24(30)12-18(6)8-9-23-20(10-11-33-23)22-14-19(16(2)3)13-21(17(4)5)25(22)32-15-26(27,28)29/h8-14,16-17H,7,15H2,1-6H3/b9-8+,18-12+. The Bertz CT molecular complexity index is 1010. The summed E-state index contributed by atoms with van der Waals surface area (Å²) in [7, 11) is 0. The minimum atomic E-state index is -4.44. The van der Waals surface area contributed by atoms with Gasteiger partial charge in [-0.1, -0.05) is 39.8 Å². The fourth-order valence-corrected chi connectivity index (χ4v) is 4.05. The van der Waals surface area contributed by atoms with Gasteiger partial charge in [-0.15, -0.1) is 11.3 Å². The Hall–Kier alpha value is -2.54. The van der Waals surface area contributed by atoms with Crippen molar-refractivity contribution in [2.24, 2.45) is 0 Å². The Labute approximate surface area is 197 Å². The summed E-state index contributed by atoms with van der Waals surface area (Å²) in [6, 6.07) is 5.75. The molecule has 0 radical (unpaired) electrons. The molecular weight excluding hydrogens is 449 g/mol. The molecule has 7 heteroatoms. The maximum absolute atomic E-state index is 13.0. The molecule has 33 heavy (non-hydrogen) atoms. The summed E-state index contributed by atoms with van der Waals surface area (Å²) in [6.07, 6.45) is 0.615. The Morgan fingerprint density at radius 2 is 1.82 bits per heavy atom. The third-order valence-electron chi connectivity index (χ3n) is 4.92. The predicted molar refractivity (Wildman–Crippen MR) is 129 cm³/mol. The van der Waals surface area contributed by atoms with Crippen LogP contribution >= 0.6 is 11.3 Å². The lowest BCUT2D eigenvalue weighted by Gasteiger charge is -2.22. The minimum absolute atomic E-state index is 0.0157. The third-order valence-corrected chi connectivity index (χ3v) is 5.81. The smallest absolute Gasteiger partial charge is 0.422 e. The number of carbonyl (C=O) groups excluding carboxylic acids is 1. The fraction of sp³-hybridized carbons (Fsp3) is 0.423. The monoisotopic (exact) mass is 480 g/mol. The van der Waals surface area contributed by atoms with Gasteiger partial charge in [0.1, 0.15) is 5.75 Å². The van der Waals surface area contributed by atoms with Crippen molar-refractivity contribution in [2.45, 2.75) is 59.6 Å². The number of esters is 1. The molecule has 0 fully saturated rings. The fourth-order valence-electron chi connectivity index (χ4n) is 3.25. The summed E-state index contributed by atoms with van der Waals surface area (Å²) in [5, 5.41) is 1.89. The van der Waals surface area contributed by atoms with E-state index in [1.165, 1.54) is 17.4 Å². The van der Waals surface area contributed by atoms with Gasteiger partial charge < -0.3 is 9.47 Å². The first-order valence-electron chi connectivity index (χ1n) is 10.9. The first-order chi connectivity index (χ1) is 15.4. The number of allylic oxidation sites excluding steroid dienone is 2. The lowest BCUT2D eigenvalue weighted by Crippen LogP contribution is -2.20. The highest BCUT2D eigenvalue weighted by Crippen LogP contribution is 2.43. The van der Waals surface area contributed by atoms with Gasteiger partial charge >= 0.3 is 12.1 Å². The van der Waals surface area contributed by atoms with E-state index >= 15 is 0 Å². The Morgan fingerprint density at radius 1 is 1.12 bits per heavy atom. The molecule has 0 spiro atoms. The number of thiophene rings is 1. The van der Waals surface area contributed by atoms with Gasteiger partial charge in [0.25, 0.3) is 0 Å². The van der Waals surface area contributed by atoms with Crippen LogP contribution in [0, 0.1) is 0 Å². The predicted octanol–water partition coefficient (Wildman–Crippen LogP) is 8.13. The molecular formula is C26H31F3O3S. The van der Waals surface area contributed by atoms with E-state index in [0.717, 1.165) is 21.6 Å². The van der Waals surface area contributed by atoms with Crippen LogP contribution in [0.25, 0.3) is 17.2 Å². The molecule has 0 atom stereocenters. The lowest BCUT2D eigenvalue weighted by molar-refractivity contribution is -0.153. The normalized spacial score (nSPS) is 12.8. The molecule has 1 aromatic carbocycles. The topological polar surface area (TPSA) is 35.5 Å². The van der Waals surface area contributed by atoms with Crippen molar-refractivity contribution in [1.29, 1.82) is 0 Å². The van der Waals surface area contributed by atoms with Crippen LogP contribution in [-0.2, 0) is 9.53 Å². The van der Waals surface area contributed by atoms with Crippen molar-refractivity contribution in [3.8, 4) is 16.9 Å². The molecule has 0 amide bonds. The highest BCUT2D eigenvalue weighted by atomic mass is 32.1. The minimum Gasteiger partial charge on any atom is -0.483 e. The summed E-state index contributed by atoms with van der Waals surface area (Å²) in [5.74, 6) is 0.0297. The van der Waals surface area contributed by atoms with Crippen LogP contribution in [0.2, 0.25) is 0 Å². The summed E-state index contributed by atoms with van der Waals surface area (Å²) >= 11 is 1.47. The maximum atomic E-state index is 13.0. The second-order valence-corrected chi connectivity index (χ2v) is 9.32. The van der Waals surface area contributed by atoms with Gasteiger partial charge in [-0.05, 0) is 66.0 Å². The van der Waals surface area contributed by atoms with Crippen molar-refractivity contribution >= 4 is 23.4 Å². The number of rotatable bonds is 9. The first kappa shape index (κ1) is 26.7. The van der Waals surface area contributed by atoms with Gasteiger partial charge in [0.05, 0.1) is 6.61 Å². The summed E-state index contributed by atoms with van der Waals surface area (Å²) < 4.78 is 49.4. The molecule has 1 aromatic heterocycles. The van der Waals surface area contributed by atoms with Gasteiger partial charge in [-0.3, -0.25) is 0 Å². The highest BCUT2D eigenvalue weighted by molar-refractivity contribution is 7.11. The van der Waals surface area contributed by atoms with Crippen LogP contribution in [0.4, 0.5) is 13.2 Å². The summed E-state index contributed by atoms with van der Waals surface area (Å²) in [5.41, 5.74) is 3.93. The van der Waals surface area contributed by atoms with Gasteiger partial charge in [0.2, 0.25) is 0 Å². The number of hydrogen-bond acceptors (Lipinski definition) is 4. The van der Waals surface area contributed by atoms with Crippen molar-refractivity contribution in [3.05, 3.63) is 57.3 Å². The van der Waals surface area contributed by atoms with E-state index in [2.05, 4.69) is 13.8 Å². The Balaban J connectivity index is 2.58. The molecule has 0 aliphatic carbocycles. The quantitative estimate of drug-likeness (QED) is 0.206. The van der Waals surface area contributed by atoms with E-state index in [0.29, 0.717) is 17.7 Å². The number of ether oxygens (including phenoxy) is 2. The highest BCUT2D eigenvalue weighted by Gasteiger charge is 2.30. The zero-order valence-corrected chi connectivity index (χ0v) is 20.7. The molecule has 2 aromatic rings. The zero-order valence-electron chi connectivity index (χ0n) is 19.9. The van der Waals surface area contributed by atoms with Crippen molar-refractivity contribution in [2.75, 3.05) is 13.2 Å². The lowest BCUT2D eigenvalue weighted by atomic mass is 9.89. The van der Waals surface area contributed by atoms with Crippen LogP contribution in [0.1, 0.15) is 69.4 Å². The van der Waals surface area contributed by atoms with E-state index in [9.17, 15) is 18.0 Å². The molecule has 0 aliphatic heterocycles. The zero-order chi connectivity index (χ0) is 24.8.